The Morgan fingerprint density at radius 1 is 1.38 bits per heavy atom. The predicted molar refractivity (Wildman–Crippen MR) is 50.2 cm³/mol. The van der Waals surface area contributed by atoms with Gasteiger partial charge < -0.3 is 15.2 Å². The summed E-state index contributed by atoms with van der Waals surface area (Å²) in [6, 6.07) is 0.455. The molecular formula is C10H19NO2. The van der Waals surface area contributed by atoms with Gasteiger partial charge in [0.15, 0.2) is 6.29 Å². The Morgan fingerprint density at radius 3 is 2.85 bits per heavy atom. The molecule has 76 valence electrons. The summed E-state index contributed by atoms with van der Waals surface area (Å²) in [7, 11) is 0. The highest BCUT2D eigenvalue weighted by Gasteiger charge is 2.32. The van der Waals surface area contributed by atoms with Gasteiger partial charge in [-0.3, -0.25) is 0 Å². The third-order valence-corrected chi connectivity index (χ3v) is 2.91. The van der Waals surface area contributed by atoms with Crippen molar-refractivity contribution in [1.82, 2.24) is 0 Å². The Kier molecular flexibility index (Phi) is 3.19. The second kappa shape index (κ2) is 4.40. The van der Waals surface area contributed by atoms with Gasteiger partial charge in [-0.05, 0) is 38.0 Å². The second-order valence-electron chi connectivity index (χ2n) is 4.12. The molecule has 1 aliphatic carbocycles. The van der Waals surface area contributed by atoms with E-state index in [2.05, 4.69) is 0 Å². The Morgan fingerprint density at radius 2 is 2.23 bits per heavy atom. The van der Waals surface area contributed by atoms with Crippen molar-refractivity contribution in [3.63, 3.8) is 0 Å². The van der Waals surface area contributed by atoms with Crippen LogP contribution in [-0.2, 0) is 9.47 Å². The monoisotopic (exact) mass is 185 g/mol. The van der Waals surface area contributed by atoms with E-state index in [1.54, 1.807) is 0 Å². The lowest BCUT2D eigenvalue weighted by atomic mass is 10.2. The van der Waals surface area contributed by atoms with Gasteiger partial charge in [-0.25, -0.2) is 0 Å². The Balaban J connectivity index is 1.51. The number of rotatable bonds is 4. The molecule has 0 aromatic rings. The van der Waals surface area contributed by atoms with Crippen LogP contribution in [-0.4, -0.2) is 25.5 Å². The van der Waals surface area contributed by atoms with Crippen LogP contribution in [0.1, 0.15) is 32.1 Å². The smallest absolute Gasteiger partial charge is 0.157 e. The van der Waals surface area contributed by atoms with Gasteiger partial charge in [0.05, 0.1) is 6.61 Å². The van der Waals surface area contributed by atoms with Crippen LogP contribution >= 0.6 is 0 Å². The molecule has 2 aliphatic rings. The maximum absolute atomic E-state index is 5.70. The number of hydrogen-bond donors (Lipinski definition) is 1. The summed E-state index contributed by atoms with van der Waals surface area (Å²) in [4.78, 5) is 0. The van der Waals surface area contributed by atoms with E-state index in [0.717, 1.165) is 32.0 Å². The largest absolute Gasteiger partial charge is 0.353 e. The molecule has 1 saturated heterocycles. The minimum Gasteiger partial charge on any atom is -0.353 e. The van der Waals surface area contributed by atoms with Gasteiger partial charge in [0.1, 0.15) is 0 Å². The first-order chi connectivity index (χ1) is 6.36. The average molecular weight is 185 g/mol. The zero-order valence-electron chi connectivity index (χ0n) is 8.08. The van der Waals surface area contributed by atoms with E-state index in [0.29, 0.717) is 6.04 Å². The molecule has 3 heteroatoms. The third kappa shape index (κ3) is 2.93. The van der Waals surface area contributed by atoms with Crippen LogP contribution in [0.5, 0.6) is 0 Å². The van der Waals surface area contributed by atoms with Crippen molar-refractivity contribution in [2.45, 2.75) is 44.4 Å². The molecule has 2 N–H and O–H groups in total. The summed E-state index contributed by atoms with van der Waals surface area (Å²) in [6.07, 6.45) is 5.87. The van der Waals surface area contributed by atoms with E-state index in [-0.39, 0.29) is 6.29 Å². The quantitative estimate of drug-likeness (QED) is 0.717. The highest BCUT2D eigenvalue weighted by Crippen LogP contribution is 2.31. The summed E-state index contributed by atoms with van der Waals surface area (Å²) >= 11 is 0. The van der Waals surface area contributed by atoms with Gasteiger partial charge >= 0.3 is 0 Å². The first-order valence-corrected chi connectivity index (χ1v) is 5.35. The Hall–Kier alpha value is -0.120. The lowest BCUT2D eigenvalue weighted by Crippen LogP contribution is -2.23. The van der Waals surface area contributed by atoms with Crippen molar-refractivity contribution in [3.05, 3.63) is 0 Å². The van der Waals surface area contributed by atoms with Crippen molar-refractivity contribution in [2.75, 3.05) is 13.2 Å². The molecule has 0 radical (unpaired) electrons. The van der Waals surface area contributed by atoms with Gasteiger partial charge in [0.2, 0.25) is 0 Å². The Labute approximate surface area is 79.6 Å². The van der Waals surface area contributed by atoms with E-state index >= 15 is 0 Å². The molecule has 2 rings (SSSR count). The highest BCUT2D eigenvalue weighted by molar-refractivity contribution is 4.89. The summed E-state index contributed by atoms with van der Waals surface area (Å²) in [5.74, 6) is 0.726. The molecule has 3 atom stereocenters. The van der Waals surface area contributed by atoms with Crippen LogP contribution in [0.4, 0.5) is 0 Å². The maximum Gasteiger partial charge on any atom is 0.157 e. The topological polar surface area (TPSA) is 44.5 Å². The van der Waals surface area contributed by atoms with E-state index < -0.39 is 0 Å². The number of ether oxygens (including phenoxy) is 2. The molecule has 0 unspecified atom stereocenters. The summed E-state index contributed by atoms with van der Waals surface area (Å²) in [5.41, 5.74) is 5.70. The molecule has 0 amide bonds. The zero-order valence-corrected chi connectivity index (χ0v) is 8.08. The van der Waals surface area contributed by atoms with Gasteiger partial charge in [-0.1, -0.05) is 0 Å². The van der Waals surface area contributed by atoms with Crippen LogP contribution in [0.3, 0.4) is 0 Å². The van der Waals surface area contributed by atoms with Crippen LogP contribution in [0, 0.1) is 5.92 Å². The average Bonchev–Trinajstić information content (AvgIpc) is 2.84. The first-order valence-electron chi connectivity index (χ1n) is 5.35. The molecule has 0 aromatic carbocycles. The van der Waals surface area contributed by atoms with Crippen LogP contribution < -0.4 is 5.73 Å². The lowest BCUT2D eigenvalue weighted by molar-refractivity contribution is -0.163. The van der Waals surface area contributed by atoms with E-state index in [9.17, 15) is 0 Å². The fourth-order valence-corrected chi connectivity index (χ4v) is 1.80. The van der Waals surface area contributed by atoms with Crippen molar-refractivity contribution >= 4 is 0 Å². The molecule has 0 spiro atoms. The second-order valence-corrected chi connectivity index (χ2v) is 4.12. The molecule has 0 aromatic heterocycles. The third-order valence-electron chi connectivity index (χ3n) is 2.91. The standard InChI is InChI=1S/C10H19NO2/c11-9-7-8(9)4-6-13-10-3-1-2-5-12-10/h8-10H,1-7,11H2/t8-,9+,10+/m0/s1. The van der Waals surface area contributed by atoms with Gasteiger partial charge in [0, 0.05) is 12.6 Å². The highest BCUT2D eigenvalue weighted by atomic mass is 16.7. The molecule has 3 nitrogen and oxygen atoms in total. The first kappa shape index (κ1) is 9.44. The van der Waals surface area contributed by atoms with Crippen LogP contribution in [0.25, 0.3) is 0 Å². The Bertz CT molecular complexity index is 157. The fraction of sp³-hybridized carbons (Fsp3) is 1.00. The molecule has 0 bridgehead atoms. The predicted octanol–water partition coefficient (Wildman–Crippen LogP) is 1.27. The van der Waals surface area contributed by atoms with Gasteiger partial charge in [-0.2, -0.15) is 0 Å². The van der Waals surface area contributed by atoms with Crippen molar-refractivity contribution < 1.29 is 9.47 Å². The normalized spacial score (nSPS) is 39.0. The van der Waals surface area contributed by atoms with Crippen molar-refractivity contribution in [2.24, 2.45) is 11.7 Å². The van der Waals surface area contributed by atoms with Gasteiger partial charge in [-0.15, -0.1) is 0 Å². The lowest BCUT2D eigenvalue weighted by Gasteiger charge is -2.22. The van der Waals surface area contributed by atoms with E-state index in [4.69, 9.17) is 15.2 Å². The summed E-state index contributed by atoms with van der Waals surface area (Å²) in [6.45, 7) is 1.69. The zero-order chi connectivity index (χ0) is 9.10. The molecule has 13 heavy (non-hydrogen) atoms. The number of nitrogens with two attached hydrogens (primary N) is 1. The van der Waals surface area contributed by atoms with E-state index in [1.807, 2.05) is 0 Å². The van der Waals surface area contributed by atoms with Crippen molar-refractivity contribution in [1.29, 1.82) is 0 Å². The minimum atomic E-state index is 0.0729. The van der Waals surface area contributed by atoms with Crippen molar-refractivity contribution in [3.8, 4) is 0 Å². The fourth-order valence-electron chi connectivity index (χ4n) is 1.80. The number of hydrogen-bond acceptors (Lipinski definition) is 3. The van der Waals surface area contributed by atoms with Crippen LogP contribution in [0.2, 0.25) is 0 Å². The van der Waals surface area contributed by atoms with Crippen LogP contribution in [0.15, 0.2) is 0 Å². The maximum atomic E-state index is 5.70. The molecular weight excluding hydrogens is 166 g/mol. The molecule has 1 heterocycles. The summed E-state index contributed by atoms with van der Waals surface area (Å²) < 4.78 is 11.1. The molecule has 1 saturated carbocycles. The summed E-state index contributed by atoms with van der Waals surface area (Å²) in [5, 5.41) is 0. The van der Waals surface area contributed by atoms with Gasteiger partial charge in [0.25, 0.3) is 0 Å². The molecule has 1 aliphatic heterocycles. The minimum absolute atomic E-state index is 0.0729. The molecule has 2 fully saturated rings. The van der Waals surface area contributed by atoms with E-state index in [1.165, 1.54) is 19.3 Å². The SMILES string of the molecule is N[C@@H]1C[C@@H]1CCO[C@@H]1CCCCO1.